The van der Waals surface area contributed by atoms with E-state index in [0.717, 1.165) is 43.4 Å². The van der Waals surface area contributed by atoms with Crippen molar-refractivity contribution in [1.29, 1.82) is 0 Å². The van der Waals surface area contributed by atoms with Gasteiger partial charge in [0.1, 0.15) is 0 Å². The number of nitrogens with two attached hydrogens (primary N) is 1. The lowest BCUT2D eigenvalue weighted by molar-refractivity contribution is -0.144. The fraction of sp³-hybridized carbons (Fsp3) is 0.702. The lowest BCUT2D eigenvalue weighted by atomic mass is 9.90. The van der Waals surface area contributed by atoms with E-state index in [1.54, 1.807) is 38.3 Å². The van der Waals surface area contributed by atoms with Gasteiger partial charge in [-0.25, -0.2) is 0 Å². The zero-order valence-electron chi connectivity index (χ0n) is 50.1. The number of nitrogens with zero attached hydrogens (tertiary/aromatic N) is 4. The predicted octanol–water partition coefficient (Wildman–Crippen LogP) is 4.28. The number of anilines is 1. The third-order valence-corrected chi connectivity index (χ3v) is 13.0. The average molecular weight is 1100 g/mol. The van der Waals surface area contributed by atoms with Gasteiger partial charge >= 0.3 is 0 Å². The highest BCUT2D eigenvalue weighted by atomic mass is 16.5. The predicted molar refractivity (Wildman–Crippen MR) is 308 cm³/mol. The maximum Gasteiger partial charge on any atom is 0.253 e. The van der Waals surface area contributed by atoms with E-state index in [1.807, 2.05) is 56.8 Å². The molecule has 1 aromatic rings. The third-order valence-electron chi connectivity index (χ3n) is 13.0. The Morgan fingerprint density at radius 3 is 1.88 bits per heavy atom. The molecular formula is C57H102N10O11. The van der Waals surface area contributed by atoms with Crippen LogP contribution in [-0.4, -0.2) is 185 Å². The van der Waals surface area contributed by atoms with Gasteiger partial charge in [-0.2, -0.15) is 0 Å². The fourth-order valence-corrected chi connectivity index (χ4v) is 9.02. The Hall–Kier alpha value is -5.77. The van der Waals surface area contributed by atoms with Crippen molar-refractivity contribution < 1.29 is 52.6 Å². The number of ether oxygens (including phenoxy) is 2. The summed E-state index contributed by atoms with van der Waals surface area (Å²) >= 11 is 0. The van der Waals surface area contributed by atoms with E-state index in [0.29, 0.717) is 57.7 Å². The summed E-state index contributed by atoms with van der Waals surface area (Å²) in [5, 5.41) is 12.8. The minimum atomic E-state index is -0.460. The molecule has 7 unspecified atom stereocenters. The summed E-state index contributed by atoms with van der Waals surface area (Å²) in [6, 6.07) is 6.77. The Kier molecular flexibility index (Phi) is 42.0. The first-order valence-corrected chi connectivity index (χ1v) is 27.8. The summed E-state index contributed by atoms with van der Waals surface area (Å²) in [4.78, 5) is 109. The first-order chi connectivity index (χ1) is 37.1. The van der Waals surface area contributed by atoms with Crippen molar-refractivity contribution in [3.05, 3.63) is 42.0 Å². The summed E-state index contributed by atoms with van der Waals surface area (Å²) in [6.07, 6.45) is 13.2. The van der Waals surface area contributed by atoms with Crippen LogP contribution in [0.15, 0.2) is 36.4 Å². The van der Waals surface area contributed by atoms with Gasteiger partial charge in [0, 0.05) is 71.3 Å². The van der Waals surface area contributed by atoms with Crippen LogP contribution in [0.2, 0.25) is 0 Å². The van der Waals surface area contributed by atoms with Gasteiger partial charge in [-0.1, -0.05) is 107 Å². The van der Waals surface area contributed by atoms with Crippen molar-refractivity contribution in [3.63, 3.8) is 0 Å². The molecule has 0 aromatic heterocycles. The average Bonchev–Trinajstić information content (AvgIpc) is 4.02. The van der Waals surface area contributed by atoms with Crippen molar-refractivity contribution in [2.45, 2.75) is 170 Å². The summed E-state index contributed by atoms with van der Waals surface area (Å²) in [5.41, 5.74) is 7.30. The van der Waals surface area contributed by atoms with Crippen LogP contribution in [0.5, 0.6) is 0 Å². The highest BCUT2D eigenvalue weighted by Crippen LogP contribution is 2.29. The van der Waals surface area contributed by atoms with Crippen LogP contribution in [0, 0.1) is 17.8 Å². The van der Waals surface area contributed by atoms with Gasteiger partial charge in [-0.3, -0.25) is 53.0 Å². The Labute approximate surface area is 467 Å². The van der Waals surface area contributed by atoms with Gasteiger partial charge < -0.3 is 51.6 Å². The number of carbonyl (C=O) groups excluding carboxylic acids is 9. The standard InChI is InChI=1S/C28H54N4O5.C11H15N3O2.C10H15NO2.C5H10N2O2.C3H8/c1-12-20(6)26(31(9)24(34)17-29-28(35)25(18(2)3)30(7)8)22(36-10)16-23(33)32-15-13-14-21(32)27(37-11)19(4)5;12-6-11(14-8-16)5-9-1-3-10(4-2-9)13-7-15;1-2-3-4-5-8-11-9(12)6-7-10(11)13;1-2-7-5(9)3-6-4-8;1-3-2/h18-22,25-27H,12-17H2,1-11H3,(H,29,35);1-4,7-8,11H,5-6,12H2,(H,13,15)(H,14,16);6-7H,2-5,8H2,1H3;4H,2-3H2,1H3,(H,6,8)(H,7,9);3H2,1-2H3. The van der Waals surface area contributed by atoms with Crippen LogP contribution in [0.3, 0.4) is 0 Å². The molecule has 0 saturated carbocycles. The van der Waals surface area contributed by atoms with E-state index in [9.17, 15) is 43.2 Å². The first kappa shape index (κ1) is 74.3. The normalized spacial score (nSPS) is 15.8. The van der Waals surface area contributed by atoms with Gasteiger partial charge in [0.25, 0.3) is 11.8 Å². The van der Waals surface area contributed by atoms with E-state index in [1.165, 1.54) is 36.3 Å². The number of carbonyl (C=O) groups is 9. The molecule has 0 spiro atoms. The van der Waals surface area contributed by atoms with E-state index in [4.69, 9.17) is 15.2 Å². The Balaban J connectivity index is 0. The quantitative estimate of drug-likeness (QED) is 0.0345. The van der Waals surface area contributed by atoms with Crippen LogP contribution < -0.4 is 32.3 Å². The Bertz CT molecular complexity index is 1880. The monoisotopic (exact) mass is 1100 g/mol. The maximum atomic E-state index is 13.5. The van der Waals surface area contributed by atoms with Crippen LogP contribution >= 0.6 is 0 Å². The molecule has 9 amide bonds. The molecule has 446 valence electrons. The molecule has 0 aliphatic carbocycles. The molecule has 0 radical (unpaired) electrons. The van der Waals surface area contributed by atoms with Crippen LogP contribution in [0.4, 0.5) is 5.69 Å². The number of unbranched alkanes of at least 4 members (excludes halogenated alkanes) is 3. The van der Waals surface area contributed by atoms with Gasteiger partial charge in [0.15, 0.2) is 0 Å². The summed E-state index contributed by atoms with van der Waals surface area (Å²) in [5.74, 6) is -0.313. The summed E-state index contributed by atoms with van der Waals surface area (Å²) in [7, 11) is 8.78. The number of methoxy groups -OCH3 is 2. The number of nitrogens with one attached hydrogen (secondary N) is 5. The molecule has 3 rings (SSSR count). The second-order valence-corrected chi connectivity index (χ2v) is 20.2. The maximum absolute atomic E-state index is 13.5. The molecule has 21 heteroatoms. The zero-order chi connectivity index (χ0) is 59.8. The minimum Gasteiger partial charge on any atom is -0.379 e. The highest BCUT2D eigenvalue weighted by molar-refractivity contribution is 6.12. The number of likely N-dealkylation sites (N-methyl/N-ethyl adjacent to an activating group) is 3. The van der Waals surface area contributed by atoms with Gasteiger partial charge in [0.05, 0.1) is 49.8 Å². The lowest BCUT2D eigenvalue weighted by Gasteiger charge is -2.39. The zero-order valence-corrected chi connectivity index (χ0v) is 50.1. The topological polar surface area (TPSA) is 271 Å². The number of hydrogen-bond donors (Lipinski definition) is 6. The second kappa shape index (κ2) is 44.1. The first-order valence-electron chi connectivity index (χ1n) is 27.8. The SMILES string of the molecule is CCC.CCC(C)C(C(CC(=O)N1CCCC1C(OC)C(C)C)OC)N(C)C(=O)CNC(=O)C(C(C)C)N(C)C.CCCCCCN1C(=O)C=CC1=O.CCNC(=O)CNC=O.NCC(Cc1ccc(NC=O)cc1)NC=O. The van der Waals surface area contributed by atoms with E-state index in [2.05, 4.69) is 75.1 Å². The van der Waals surface area contributed by atoms with Gasteiger partial charge in [0.2, 0.25) is 42.9 Å². The number of hydrogen-bond acceptors (Lipinski definition) is 13. The third kappa shape index (κ3) is 29.3. The van der Waals surface area contributed by atoms with Crippen LogP contribution in [0.25, 0.3) is 0 Å². The van der Waals surface area contributed by atoms with Crippen molar-refractivity contribution in [1.82, 2.24) is 40.9 Å². The minimum absolute atomic E-state index is 0.0116. The molecule has 1 saturated heterocycles. The molecule has 21 nitrogen and oxygen atoms in total. The van der Waals surface area contributed by atoms with Crippen LogP contribution in [-0.2, 0) is 59.0 Å². The number of likely N-dealkylation sites (tertiary alicyclic amines) is 1. The molecule has 78 heavy (non-hydrogen) atoms. The lowest BCUT2D eigenvalue weighted by Crippen LogP contribution is -2.55. The molecule has 0 bridgehead atoms. The summed E-state index contributed by atoms with van der Waals surface area (Å²) in [6.45, 7) is 22.8. The van der Waals surface area contributed by atoms with Crippen molar-refractivity contribution in [2.24, 2.45) is 23.5 Å². The highest BCUT2D eigenvalue weighted by Gasteiger charge is 2.40. The molecule has 1 aromatic carbocycles. The number of imide groups is 1. The van der Waals surface area contributed by atoms with Crippen LogP contribution in [0.1, 0.15) is 133 Å². The largest absolute Gasteiger partial charge is 0.379 e. The molecule has 2 aliphatic rings. The fourth-order valence-electron chi connectivity index (χ4n) is 9.02. The van der Waals surface area contributed by atoms with E-state index in [-0.39, 0.29) is 97.1 Å². The summed E-state index contributed by atoms with van der Waals surface area (Å²) < 4.78 is 11.6. The number of rotatable bonds is 31. The molecule has 2 heterocycles. The van der Waals surface area contributed by atoms with E-state index >= 15 is 0 Å². The number of benzene rings is 1. The molecule has 7 atom stereocenters. The van der Waals surface area contributed by atoms with Crippen molar-refractivity contribution in [3.8, 4) is 0 Å². The molecule has 2 aliphatic heterocycles. The molecule has 7 N–H and O–H groups in total. The van der Waals surface area contributed by atoms with E-state index < -0.39 is 6.10 Å². The molecule has 1 fully saturated rings. The van der Waals surface area contributed by atoms with Gasteiger partial charge in [-0.05, 0) is 82.2 Å². The van der Waals surface area contributed by atoms with Crippen molar-refractivity contribution >= 4 is 60.4 Å². The molecular weight excluding hydrogens is 1000 g/mol. The Morgan fingerprint density at radius 1 is 0.808 bits per heavy atom. The van der Waals surface area contributed by atoms with Crippen molar-refractivity contribution in [2.75, 3.05) is 79.9 Å². The Morgan fingerprint density at radius 2 is 1.42 bits per heavy atom. The second-order valence-electron chi connectivity index (χ2n) is 20.2. The van der Waals surface area contributed by atoms with Gasteiger partial charge in [-0.15, -0.1) is 0 Å². The smallest absolute Gasteiger partial charge is 0.253 e. The number of amides is 9.